The molecule has 23 heavy (non-hydrogen) atoms. The van der Waals surface area contributed by atoms with Crippen molar-refractivity contribution in [2.24, 2.45) is 0 Å². The van der Waals surface area contributed by atoms with Gasteiger partial charge in [-0.25, -0.2) is 4.79 Å². The fourth-order valence-electron chi connectivity index (χ4n) is 2.76. The summed E-state index contributed by atoms with van der Waals surface area (Å²) in [7, 11) is 0. The minimum atomic E-state index is -0.433. The summed E-state index contributed by atoms with van der Waals surface area (Å²) in [5.74, 6) is 2.01. The Labute approximate surface area is 139 Å². The monoisotopic (exact) mass is 322 g/mol. The van der Waals surface area contributed by atoms with Gasteiger partial charge in [0.15, 0.2) is 0 Å². The number of carbonyl (C=O) groups is 1. The fraction of sp³-hybridized carbons (Fsp3) is 0.722. The van der Waals surface area contributed by atoms with Crippen molar-refractivity contribution < 1.29 is 13.9 Å². The van der Waals surface area contributed by atoms with Crippen LogP contribution in [0.1, 0.15) is 58.5 Å². The molecule has 0 aromatic carbocycles. The molecule has 2 heterocycles. The maximum Gasteiger partial charge on any atom is 0.410 e. The van der Waals surface area contributed by atoms with Gasteiger partial charge in [-0.15, -0.1) is 0 Å². The largest absolute Gasteiger partial charge is 0.465 e. The smallest absolute Gasteiger partial charge is 0.410 e. The maximum atomic E-state index is 12.2. The van der Waals surface area contributed by atoms with E-state index in [4.69, 9.17) is 9.15 Å². The first-order valence-electron chi connectivity index (χ1n) is 8.66. The van der Waals surface area contributed by atoms with Gasteiger partial charge in [0.05, 0.1) is 6.54 Å². The van der Waals surface area contributed by atoms with E-state index >= 15 is 0 Å². The zero-order valence-corrected chi connectivity index (χ0v) is 14.9. The van der Waals surface area contributed by atoms with Crippen molar-refractivity contribution in [3.8, 4) is 0 Å². The third kappa shape index (κ3) is 5.90. The number of aryl methyl sites for hydroxylation is 1. The van der Waals surface area contributed by atoms with Crippen LogP contribution in [0.4, 0.5) is 4.79 Å². The lowest BCUT2D eigenvalue weighted by molar-refractivity contribution is 0.0256. The molecule has 1 fully saturated rings. The number of rotatable bonds is 4. The molecule has 0 spiro atoms. The first kappa shape index (κ1) is 17.9. The van der Waals surface area contributed by atoms with Crippen molar-refractivity contribution in [3.63, 3.8) is 0 Å². The van der Waals surface area contributed by atoms with Gasteiger partial charge in [-0.3, -0.25) is 0 Å². The molecular formula is C18H30N2O3. The first-order valence-corrected chi connectivity index (χ1v) is 8.66. The van der Waals surface area contributed by atoms with Crippen LogP contribution in [0.2, 0.25) is 0 Å². The Hall–Kier alpha value is -1.49. The molecule has 1 atom stereocenters. The average molecular weight is 322 g/mol. The SMILES string of the molecule is CCc1ccc(CNC2CCCN(C(=O)OC(C)(C)C)CC2)o1. The van der Waals surface area contributed by atoms with Gasteiger partial charge in [0.1, 0.15) is 17.1 Å². The number of likely N-dealkylation sites (tertiary alicyclic amines) is 1. The summed E-state index contributed by atoms with van der Waals surface area (Å²) in [4.78, 5) is 14.0. The maximum absolute atomic E-state index is 12.2. The van der Waals surface area contributed by atoms with E-state index in [-0.39, 0.29) is 6.09 Å². The van der Waals surface area contributed by atoms with Crippen molar-refractivity contribution in [2.45, 2.75) is 71.6 Å². The van der Waals surface area contributed by atoms with Crippen LogP contribution in [-0.4, -0.2) is 35.7 Å². The number of carbonyl (C=O) groups excluding carboxylic acids is 1. The molecule has 5 heteroatoms. The van der Waals surface area contributed by atoms with Crippen LogP contribution in [0, 0.1) is 0 Å². The number of hydrogen-bond donors (Lipinski definition) is 1. The van der Waals surface area contributed by atoms with E-state index in [2.05, 4.69) is 12.2 Å². The van der Waals surface area contributed by atoms with E-state index in [0.717, 1.165) is 56.8 Å². The molecule has 2 rings (SSSR count). The number of nitrogens with one attached hydrogen (secondary N) is 1. The predicted octanol–water partition coefficient (Wildman–Crippen LogP) is 3.72. The second-order valence-electron chi connectivity index (χ2n) is 7.20. The van der Waals surface area contributed by atoms with Crippen LogP contribution in [-0.2, 0) is 17.7 Å². The summed E-state index contributed by atoms with van der Waals surface area (Å²) < 4.78 is 11.2. The van der Waals surface area contributed by atoms with Crippen LogP contribution in [0.5, 0.6) is 0 Å². The summed E-state index contributed by atoms with van der Waals surface area (Å²) in [6, 6.07) is 4.49. The Bertz CT molecular complexity index is 505. The molecule has 1 aromatic rings. The van der Waals surface area contributed by atoms with Gasteiger partial charge in [0, 0.05) is 25.6 Å². The second kappa shape index (κ2) is 7.86. The third-order valence-electron chi connectivity index (χ3n) is 4.01. The highest BCUT2D eigenvalue weighted by Crippen LogP contribution is 2.16. The number of hydrogen-bond acceptors (Lipinski definition) is 4. The van der Waals surface area contributed by atoms with Crippen LogP contribution >= 0.6 is 0 Å². The lowest BCUT2D eigenvalue weighted by Gasteiger charge is -2.26. The second-order valence-corrected chi connectivity index (χ2v) is 7.20. The molecule has 130 valence electrons. The molecule has 1 aliphatic rings. The van der Waals surface area contributed by atoms with Crippen molar-refractivity contribution in [3.05, 3.63) is 23.7 Å². The van der Waals surface area contributed by atoms with Crippen molar-refractivity contribution in [2.75, 3.05) is 13.1 Å². The Morgan fingerprint density at radius 1 is 1.30 bits per heavy atom. The van der Waals surface area contributed by atoms with Crippen LogP contribution < -0.4 is 5.32 Å². The van der Waals surface area contributed by atoms with Gasteiger partial charge in [0.2, 0.25) is 0 Å². The normalized spacial score (nSPS) is 19.5. The van der Waals surface area contributed by atoms with Crippen LogP contribution in [0.15, 0.2) is 16.5 Å². The van der Waals surface area contributed by atoms with E-state index in [0.29, 0.717) is 6.04 Å². The van der Waals surface area contributed by atoms with Crippen LogP contribution in [0.25, 0.3) is 0 Å². The molecule has 1 aromatic heterocycles. The molecule has 1 N–H and O–H groups in total. The van der Waals surface area contributed by atoms with E-state index in [1.807, 2.05) is 37.8 Å². The van der Waals surface area contributed by atoms with Gasteiger partial charge in [-0.05, 0) is 52.2 Å². The lowest BCUT2D eigenvalue weighted by atomic mass is 10.1. The Morgan fingerprint density at radius 3 is 2.70 bits per heavy atom. The molecule has 5 nitrogen and oxygen atoms in total. The van der Waals surface area contributed by atoms with Gasteiger partial charge >= 0.3 is 6.09 Å². The Balaban J connectivity index is 1.78. The molecule has 0 bridgehead atoms. The average Bonchev–Trinajstić information content (AvgIpc) is 2.80. The zero-order valence-electron chi connectivity index (χ0n) is 14.9. The summed E-state index contributed by atoms with van der Waals surface area (Å²) in [6.07, 6.45) is 3.74. The summed E-state index contributed by atoms with van der Waals surface area (Å²) in [5, 5.41) is 3.55. The van der Waals surface area contributed by atoms with E-state index in [1.54, 1.807) is 0 Å². The van der Waals surface area contributed by atoms with E-state index in [9.17, 15) is 4.79 Å². The van der Waals surface area contributed by atoms with E-state index in [1.165, 1.54) is 0 Å². The van der Waals surface area contributed by atoms with Crippen molar-refractivity contribution in [1.29, 1.82) is 0 Å². The van der Waals surface area contributed by atoms with Crippen molar-refractivity contribution >= 4 is 6.09 Å². The number of amides is 1. The lowest BCUT2D eigenvalue weighted by Crippen LogP contribution is -2.38. The molecule has 0 radical (unpaired) electrons. The molecule has 1 amide bonds. The van der Waals surface area contributed by atoms with E-state index < -0.39 is 5.60 Å². The summed E-state index contributed by atoms with van der Waals surface area (Å²) >= 11 is 0. The molecule has 0 aliphatic carbocycles. The first-order chi connectivity index (χ1) is 10.9. The van der Waals surface area contributed by atoms with Crippen LogP contribution in [0.3, 0.4) is 0 Å². The number of nitrogens with zero attached hydrogens (tertiary/aromatic N) is 1. The molecule has 1 unspecified atom stereocenters. The minimum Gasteiger partial charge on any atom is -0.465 e. The minimum absolute atomic E-state index is 0.197. The van der Waals surface area contributed by atoms with Gasteiger partial charge in [-0.1, -0.05) is 6.92 Å². The topological polar surface area (TPSA) is 54.7 Å². The van der Waals surface area contributed by atoms with Gasteiger partial charge in [0.25, 0.3) is 0 Å². The quantitative estimate of drug-likeness (QED) is 0.918. The highest BCUT2D eigenvalue weighted by molar-refractivity contribution is 5.68. The molecule has 1 saturated heterocycles. The zero-order chi connectivity index (χ0) is 16.9. The van der Waals surface area contributed by atoms with Crippen molar-refractivity contribution in [1.82, 2.24) is 10.2 Å². The fourth-order valence-corrected chi connectivity index (χ4v) is 2.76. The Kier molecular flexibility index (Phi) is 6.10. The highest BCUT2D eigenvalue weighted by Gasteiger charge is 2.25. The molecular weight excluding hydrogens is 292 g/mol. The highest BCUT2D eigenvalue weighted by atomic mass is 16.6. The standard InChI is InChI=1S/C18H30N2O3/c1-5-15-8-9-16(22-15)13-19-14-7-6-11-20(12-10-14)17(21)23-18(2,3)4/h8-9,14,19H,5-7,10-13H2,1-4H3. The third-order valence-corrected chi connectivity index (χ3v) is 4.01. The molecule has 0 saturated carbocycles. The summed E-state index contributed by atoms with van der Waals surface area (Å²) in [5.41, 5.74) is -0.433. The van der Waals surface area contributed by atoms with Gasteiger partial charge in [-0.2, -0.15) is 0 Å². The number of ether oxygens (including phenoxy) is 1. The summed E-state index contributed by atoms with van der Waals surface area (Å²) in [6.45, 7) is 10.1. The van der Waals surface area contributed by atoms with Gasteiger partial charge < -0.3 is 19.4 Å². The molecule has 1 aliphatic heterocycles. The Morgan fingerprint density at radius 2 is 2.04 bits per heavy atom. The number of furan rings is 1. The predicted molar refractivity (Wildman–Crippen MR) is 90.4 cm³/mol.